The smallest absolute Gasteiger partial charge is 0.272 e. The molecule has 1 aromatic heterocycles. The van der Waals surface area contributed by atoms with E-state index in [9.17, 15) is 4.79 Å². The molecule has 7 heteroatoms. The highest BCUT2D eigenvalue weighted by Crippen LogP contribution is 2.20. The summed E-state index contributed by atoms with van der Waals surface area (Å²) in [5.41, 5.74) is 1.62. The van der Waals surface area contributed by atoms with Gasteiger partial charge in [-0.15, -0.1) is 0 Å². The monoisotopic (exact) mass is 346 g/mol. The number of carbonyl (C=O) groups excluding carboxylic acids is 1. The number of amides is 1. The molecule has 3 heterocycles. The van der Waals surface area contributed by atoms with Crippen molar-refractivity contribution in [2.24, 2.45) is 0 Å². The van der Waals surface area contributed by atoms with E-state index in [4.69, 9.17) is 16.3 Å². The highest BCUT2D eigenvalue weighted by atomic mass is 35.5. The second-order valence-corrected chi connectivity index (χ2v) is 6.70. The summed E-state index contributed by atoms with van der Waals surface area (Å²) in [6.07, 6.45) is 0.941. The second kappa shape index (κ2) is 6.45. The molecule has 1 fully saturated rings. The van der Waals surface area contributed by atoms with Crippen molar-refractivity contribution >= 4 is 17.5 Å². The van der Waals surface area contributed by atoms with Gasteiger partial charge in [-0.1, -0.05) is 23.7 Å². The van der Waals surface area contributed by atoms with E-state index in [0.29, 0.717) is 24.7 Å². The molecule has 1 aromatic carbocycles. The molecule has 2 aromatic rings. The van der Waals surface area contributed by atoms with Crippen molar-refractivity contribution in [2.45, 2.75) is 25.6 Å². The van der Waals surface area contributed by atoms with Crippen molar-refractivity contribution in [1.29, 1.82) is 0 Å². The minimum absolute atomic E-state index is 0.130. The highest BCUT2D eigenvalue weighted by Gasteiger charge is 2.26. The lowest BCUT2D eigenvalue weighted by Gasteiger charge is -2.16. The summed E-state index contributed by atoms with van der Waals surface area (Å²) in [4.78, 5) is 14.7. The van der Waals surface area contributed by atoms with Crippen molar-refractivity contribution in [3.8, 4) is 5.88 Å². The molecule has 2 aliphatic heterocycles. The molecule has 24 heavy (non-hydrogen) atoms. The third-order valence-electron chi connectivity index (χ3n) is 4.43. The van der Waals surface area contributed by atoms with E-state index in [2.05, 4.69) is 21.4 Å². The Morgan fingerprint density at radius 3 is 3.12 bits per heavy atom. The fraction of sp³-hybridized carbons (Fsp3) is 0.412. The predicted molar refractivity (Wildman–Crippen MR) is 90.3 cm³/mol. The summed E-state index contributed by atoms with van der Waals surface area (Å²) >= 11 is 6.03. The number of rotatable bonds is 4. The van der Waals surface area contributed by atoms with Gasteiger partial charge in [-0.05, 0) is 24.1 Å². The van der Waals surface area contributed by atoms with Crippen LogP contribution < -0.4 is 10.1 Å². The number of nitrogens with one attached hydrogen (secondary N) is 1. The van der Waals surface area contributed by atoms with Gasteiger partial charge < -0.3 is 10.1 Å². The number of hydrogen-bond donors (Lipinski definition) is 1. The number of ether oxygens (including phenoxy) is 1. The van der Waals surface area contributed by atoms with Gasteiger partial charge in [-0.25, -0.2) is 4.68 Å². The van der Waals surface area contributed by atoms with Crippen molar-refractivity contribution in [1.82, 2.24) is 20.0 Å². The van der Waals surface area contributed by atoms with Gasteiger partial charge >= 0.3 is 0 Å². The molecule has 0 radical (unpaired) electrons. The SMILES string of the molecule is O=C(NC1CCN(Cc2cccc(Cl)c2)C1)c1cc2n(n1)CCO2. The van der Waals surface area contributed by atoms with Gasteiger partial charge in [0.1, 0.15) is 6.61 Å². The fourth-order valence-electron chi connectivity index (χ4n) is 3.27. The minimum atomic E-state index is -0.130. The van der Waals surface area contributed by atoms with E-state index in [1.54, 1.807) is 10.7 Å². The Morgan fingerprint density at radius 2 is 2.29 bits per heavy atom. The fourth-order valence-corrected chi connectivity index (χ4v) is 3.48. The van der Waals surface area contributed by atoms with Gasteiger partial charge in [0.15, 0.2) is 5.69 Å². The lowest BCUT2D eigenvalue weighted by molar-refractivity contribution is 0.0931. The van der Waals surface area contributed by atoms with Crippen LogP contribution in [0.5, 0.6) is 5.88 Å². The van der Waals surface area contributed by atoms with Crippen LogP contribution in [-0.2, 0) is 13.1 Å². The predicted octanol–water partition coefficient (Wildman–Crippen LogP) is 1.93. The molecule has 6 nitrogen and oxygen atoms in total. The van der Waals surface area contributed by atoms with Crippen LogP contribution in [0.1, 0.15) is 22.5 Å². The molecule has 0 spiro atoms. The molecule has 1 saturated heterocycles. The lowest BCUT2D eigenvalue weighted by Crippen LogP contribution is -2.37. The molecule has 0 saturated carbocycles. The van der Waals surface area contributed by atoms with Crippen molar-refractivity contribution in [3.63, 3.8) is 0 Å². The van der Waals surface area contributed by atoms with Crippen LogP contribution in [0.2, 0.25) is 5.02 Å². The summed E-state index contributed by atoms with van der Waals surface area (Å²) in [5, 5.41) is 8.11. The molecular formula is C17H19ClN4O2. The zero-order chi connectivity index (χ0) is 16.5. The molecule has 4 rings (SSSR count). The Hall–Kier alpha value is -2.05. The van der Waals surface area contributed by atoms with Gasteiger partial charge in [-0.2, -0.15) is 5.10 Å². The topological polar surface area (TPSA) is 59.4 Å². The van der Waals surface area contributed by atoms with Crippen LogP contribution in [0.25, 0.3) is 0 Å². The number of carbonyl (C=O) groups is 1. The van der Waals surface area contributed by atoms with E-state index >= 15 is 0 Å². The summed E-state index contributed by atoms with van der Waals surface area (Å²) in [6, 6.07) is 9.76. The summed E-state index contributed by atoms with van der Waals surface area (Å²) in [6.45, 7) is 3.98. The van der Waals surface area contributed by atoms with Gasteiger partial charge in [-0.3, -0.25) is 9.69 Å². The Morgan fingerprint density at radius 1 is 1.38 bits per heavy atom. The van der Waals surface area contributed by atoms with E-state index in [0.717, 1.165) is 31.1 Å². The van der Waals surface area contributed by atoms with Crippen LogP contribution >= 0.6 is 11.6 Å². The zero-order valence-corrected chi connectivity index (χ0v) is 14.0. The Bertz CT molecular complexity index is 739. The maximum Gasteiger partial charge on any atom is 0.272 e. The zero-order valence-electron chi connectivity index (χ0n) is 13.2. The van der Waals surface area contributed by atoms with Gasteiger partial charge in [0, 0.05) is 36.8 Å². The molecule has 0 aliphatic carbocycles. The van der Waals surface area contributed by atoms with Crippen molar-refractivity contribution in [3.05, 3.63) is 46.6 Å². The van der Waals surface area contributed by atoms with Crippen LogP contribution in [-0.4, -0.2) is 46.3 Å². The van der Waals surface area contributed by atoms with Gasteiger partial charge in [0.05, 0.1) is 6.54 Å². The maximum atomic E-state index is 12.3. The van der Waals surface area contributed by atoms with Crippen LogP contribution in [0.3, 0.4) is 0 Å². The number of fused-ring (bicyclic) bond motifs is 1. The third-order valence-corrected chi connectivity index (χ3v) is 4.67. The average Bonchev–Trinajstić information content (AvgIpc) is 3.23. The molecule has 1 atom stereocenters. The first-order valence-corrected chi connectivity index (χ1v) is 8.53. The first-order valence-electron chi connectivity index (χ1n) is 8.16. The lowest BCUT2D eigenvalue weighted by atomic mass is 10.2. The highest BCUT2D eigenvalue weighted by molar-refractivity contribution is 6.30. The average molecular weight is 347 g/mol. The van der Waals surface area contributed by atoms with Crippen molar-refractivity contribution in [2.75, 3.05) is 19.7 Å². The van der Waals surface area contributed by atoms with E-state index in [1.165, 1.54) is 5.56 Å². The molecule has 1 N–H and O–H groups in total. The number of hydrogen-bond acceptors (Lipinski definition) is 4. The Labute approximate surface area is 145 Å². The van der Waals surface area contributed by atoms with E-state index in [1.807, 2.05) is 18.2 Å². The minimum Gasteiger partial charge on any atom is -0.476 e. The van der Waals surface area contributed by atoms with Gasteiger partial charge in [0.2, 0.25) is 5.88 Å². The Kier molecular flexibility index (Phi) is 4.16. The largest absolute Gasteiger partial charge is 0.476 e. The number of likely N-dealkylation sites (tertiary alicyclic amines) is 1. The summed E-state index contributed by atoms with van der Waals surface area (Å²) in [7, 11) is 0. The molecule has 1 amide bonds. The number of halogens is 1. The molecule has 2 aliphatic rings. The normalized spacial score (nSPS) is 20.0. The molecule has 1 unspecified atom stereocenters. The first-order chi connectivity index (χ1) is 11.7. The molecule has 126 valence electrons. The molecular weight excluding hydrogens is 328 g/mol. The first kappa shape index (κ1) is 15.5. The summed E-state index contributed by atoms with van der Waals surface area (Å²) < 4.78 is 7.12. The number of nitrogens with zero attached hydrogens (tertiary/aromatic N) is 3. The quantitative estimate of drug-likeness (QED) is 0.919. The second-order valence-electron chi connectivity index (χ2n) is 6.26. The number of benzene rings is 1. The maximum absolute atomic E-state index is 12.3. The third kappa shape index (κ3) is 3.25. The van der Waals surface area contributed by atoms with Gasteiger partial charge in [0.25, 0.3) is 5.91 Å². The van der Waals surface area contributed by atoms with Crippen molar-refractivity contribution < 1.29 is 9.53 Å². The van der Waals surface area contributed by atoms with Crippen LogP contribution in [0.15, 0.2) is 30.3 Å². The Balaban J connectivity index is 1.32. The van der Waals surface area contributed by atoms with E-state index in [-0.39, 0.29) is 11.9 Å². The van der Waals surface area contributed by atoms with Crippen LogP contribution in [0.4, 0.5) is 0 Å². The van der Waals surface area contributed by atoms with Crippen LogP contribution in [0, 0.1) is 0 Å². The summed E-state index contributed by atoms with van der Waals surface area (Å²) in [5.74, 6) is 0.546. The molecule has 0 bridgehead atoms. The standard InChI is InChI=1S/C17H19ClN4O2/c18-13-3-1-2-12(8-13)10-21-5-4-14(11-21)19-17(23)15-9-16-22(20-15)6-7-24-16/h1-3,8-9,14H,4-7,10-11H2,(H,19,23). The number of aromatic nitrogens is 2. The van der Waals surface area contributed by atoms with E-state index < -0.39 is 0 Å².